The van der Waals surface area contributed by atoms with Crippen LogP contribution in [0.25, 0.3) is 32.8 Å². The van der Waals surface area contributed by atoms with E-state index in [-0.39, 0.29) is 33.8 Å². The second-order valence-corrected chi connectivity index (χ2v) is 13.8. The van der Waals surface area contributed by atoms with E-state index in [9.17, 15) is 5.11 Å². The molecule has 1 aromatic heterocycles. The highest BCUT2D eigenvalue weighted by atomic mass is 35.5. The van der Waals surface area contributed by atoms with E-state index in [2.05, 4.69) is 27.4 Å². The van der Waals surface area contributed by atoms with Gasteiger partial charge in [0.1, 0.15) is 17.1 Å². The summed E-state index contributed by atoms with van der Waals surface area (Å²) in [5.74, 6) is 0.311. The Kier molecular flexibility index (Phi) is 9.19. The molecule has 0 spiro atoms. The lowest BCUT2D eigenvalue weighted by molar-refractivity contribution is 0.0828. The fraction of sp³-hybridized carbons (Fsp3) is 0.500. The summed E-state index contributed by atoms with van der Waals surface area (Å²) in [5, 5.41) is 20.3. The van der Waals surface area contributed by atoms with Gasteiger partial charge in [-0.15, -0.1) is 0 Å². The number of rotatable bonds is 9. The van der Waals surface area contributed by atoms with Crippen LogP contribution in [0.4, 0.5) is 10.2 Å². The molecule has 3 aliphatic rings. The summed E-state index contributed by atoms with van der Waals surface area (Å²) >= 11 is 6.89. The zero-order valence-corrected chi connectivity index (χ0v) is 27.3. The summed E-state index contributed by atoms with van der Waals surface area (Å²) in [7, 11) is 1.80. The Morgan fingerprint density at radius 1 is 1.07 bits per heavy atom. The molecule has 244 valence electrons. The second-order valence-electron chi connectivity index (χ2n) is 13.4. The maximum absolute atomic E-state index is 16.8. The first-order valence-corrected chi connectivity index (χ1v) is 17.1. The Labute approximate surface area is 274 Å². The molecule has 2 saturated heterocycles. The van der Waals surface area contributed by atoms with Gasteiger partial charge in [0.25, 0.3) is 0 Å². The number of hydrogen-bond donors (Lipinski definition) is 3. The normalized spacial score (nSPS) is 24.0. The molecule has 3 fully saturated rings. The van der Waals surface area contributed by atoms with Gasteiger partial charge in [-0.1, -0.05) is 55.6 Å². The van der Waals surface area contributed by atoms with E-state index in [1.807, 2.05) is 24.3 Å². The summed E-state index contributed by atoms with van der Waals surface area (Å²) < 4.78 is 28.7. The molecule has 3 N–H and O–H groups in total. The number of piperazine rings is 1. The molecule has 46 heavy (non-hydrogen) atoms. The number of ether oxygens (including phenoxy) is 2. The Morgan fingerprint density at radius 2 is 1.85 bits per heavy atom. The third kappa shape index (κ3) is 6.47. The van der Waals surface area contributed by atoms with Gasteiger partial charge in [0, 0.05) is 61.7 Å². The number of aromatic nitrogens is 2. The molecule has 5 unspecified atom stereocenters. The number of hydrogen-bond acceptors (Lipinski definition) is 8. The molecule has 0 amide bonds. The maximum Gasteiger partial charge on any atom is 0.319 e. The number of nitrogens with one attached hydrogen (secondary N) is 2. The highest BCUT2D eigenvalue weighted by Crippen LogP contribution is 2.43. The largest absolute Gasteiger partial charge is 0.508 e. The fourth-order valence-corrected chi connectivity index (χ4v) is 7.84. The molecule has 5 atom stereocenters. The molecule has 2 bridgehead atoms. The molecule has 10 heteroatoms. The van der Waals surface area contributed by atoms with Gasteiger partial charge >= 0.3 is 6.01 Å². The molecule has 3 aromatic carbocycles. The van der Waals surface area contributed by atoms with Crippen LogP contribution in [0.3, 0.4) is 0 Å². The third-order valence-electron chi connectivity index (χ3n) is 9.94. The Hall–Kier alpha value is -3.24. The molecule has 1 saturated carbocycles. The minimum absolute atomic E-state index is 0.0390. The van der Waals surface area contributed by atoms with Crippen LogP contribution in [0.1, 0.15) is 51.9 Å². The minimum atomic E-state index is -0.555. The molecule has 0 radical (unpaired) electrons. The average molecular weight is 648 g/mol. The number of phenolic OH excluding ortho intramolecular Hbond substituents is 1. The van der Waals surface area contributed by atoms with Crippen LogP contribution in [0.5, 0.6) is 11.8 Å². The first-order chi connectivity index (χ1) is 22.4. The Morgan fingerprint density at radius 3 is 2.65 bits per heavy atom. The van der Waals surface area contributed by atoms with E-state index in [1.54, 1.807) is 25.3 Å². The number of nitrogens with zero attached hydrogens (tertiary/aromatic N) is 3. The van der Waals surface area contributed by atoms with E-state index in [0.29, 0.717) is 47.6 Å². The van der Waals surface area contributed by atoms with Crippen LogP contribution in [0, 0.1) is 11.7 Å². The second kappa shape index (κ2) is 13.5. The average Bonchev–Trinajstić information content (AvgIpc) is 3.23. The van der Waals surface area contributed by atoms with E-state index in [0.717, 1.165) is 62.5 Å². The predicted octanol–water partition coefficient (Wildman–Crippen LogP) is 6.84. The molecule has 1 aliphatic carbocycles. The Bertz CT molecular complexity index is 1710. The molecule has 2 aliphatic heterocycles. The van der Waals surface area contributed by atoms with Crippen molar-refractivity contribution >= 4 is 39.1 Å². The SMILES string of the molecule is COC1CCCCC(NCC(C)COc2nc(N3CC4CCC(C3)N4)c3cc(Cl)c(-c4cc(O)cc5ccccc45)c(F)c3n2)C1. The summed E-state index contributed by atoms with van der Waals surface area (Å²) in [6, 6.07) is 13.9. The number of anilines is 1. The first kappa shape index (κ1) is 31.4. The molecular formula is C36H43ClFN5O3. The van der Waals surface area contributed by atoms with Crippen molar-refractivity contribution in [3.63, 3.8) is 0 Å². The van der Waals surface area contributed by atoms with Crippen LogP contribution in [0.2, 0.25) is 5.02 Å². The van der Waals surface area contributed by atoms with Crippen molar-refractivity contribution in [3.05, 3.63) is 53.3 Å². The van der Waals surface area contributed by atoms with E-state index >= 15 is 4.39 Å². The van der Waals surface area contributed by atoms with Crippen molar-refractivity contribution in [2.75, 3.05) is 38.3 Å². The van der Waals surface area contributed by atoms with Gasteiger partial charge in [0.15, 0.2) is 5.82 Å². The van der Waals surface area contributed by atoms with Gasteiger partial charge < -0.3 is 30.1 Å². The van der Waals surface area contributed by atoms with Crippen LogP contribution < -0.4 is 20.3 Å². The van der Waals surface area contributed by atoms with Crippen LogP contribution in [0.15, 0.2) is 42.5 Å². The van der Waals surface area contributed by atoms with E-state index < -0.39 is 5.82 Å². The number of benzene rings is 3. The first-order valence-electron chi connectivity index (χ1n) is 16.7. The number of methoxy groups -OCH3 is 1. The molecule has 4 aromatic rings. The number of phenols is 1. The highest BCUT2D eigenvalue weighted by molar-refractivity contribution is 6.35. The van der Waals surface area contributed by atoms with Crippen molar-refractivity contribution in [3.8, 4) is 22.9 Å². The van der Waals surface area contributed by atoms with Crippen molar-refractivity contribution in [2.45, 2.75) is 76.1 Å². The van der Waals surface area contributed by atoms with Crippen molar-refractivity contribution in [2.24, 2.45) is 5.92 Å². The minimum Gasteiger partial charge on any atom is -0.508 e. The standard InChI is InChI=1S/C36H43ClFN5O3/c1-21(17-39-23-8-4-5-9-27(14-23)45-2)20-46-36-41-34-30(35(42-36)43-18-24-11-12-25(19-43)40-24)16-31(37)32(33(34)38)29-15-26(44)13-22-7-3-6-10-28(22)29/h3,6-7,10,13,15-16,21,23-25,27,39-40,44H,4-5,8-9,11-12,14,17-20H2,1-2H3. The molecule has 7 rings (SSSR count). The van der Waals surface area contributed by atoms with Crippen molar-refractivity contribution in [1.29, 1.82) is 0 Å². The van der Waals surface area contributed by atoms with Gasteiger partial charge in [0.05, 0.1) is 17.7 Å². The fourth-order valence-electron chi connectivity index (χ4n) is 7.54. The zero-order chi connectivity index (χ0) is 31.8. The lowest BCUT2D eigenvalue weighted by Crippen LogP contribution is -2.51. The monoisotopic (exact) mass is 647 g/mol. The van der Waals surface area contributed by atoms with Crippen molar-refractivity contribution in [1.82, 2.24) is 20.6 Å². The number of aromatic hydroxyl groups is 1. The van der Waals surface area contributed by atoms with E-state index in [1.165, 1.54) is 12.8 Å². The van der Waals surface area contributed by atoms with Gasteiger partial charge in [-0.2, -0.15) is 9.97 Å². The zero-order valence-electron chi connectivity index (χ0n) is 26.6. The van der Waals surface area contributed by atoms with E-state index in [4.69, 9.17) is 26.1 Å². The van der Waals surface area contributed by atoms with Gasteiger partial charge in [-0.3, -0.25) is 0 Å². The third-order valence-corrected chi connectivity index (χ3v) is 10.2. The summed E-state index contributed by atoms with van der Waals surface area (Å²) in [6.07, 6.45) is 8.22. The van der Waals surface area contributed by atoms with Crippen LogP contribution >= 0.6 is 11.6 Å². The van der Waals surface area contributed by atoms with Gasteiger partial charge in [-0.05, 0) is 66.6 Å². The summed E-state index contributed by atoms with van der Waals surface area (Å²) in [4.78, 5) is 11.8. The van der Waals surface area contributed by atoms with Crippen LogP contribution in [-0.2, 0) is 4.74 Å². The van der Waals surface area contributed by atoms with Gasteiger partial charge in [0.2, 0.25) is 0 Å². The Balaban J connectivity index is 1.21. The topological polar surface area (TPSA) is 91.8 Å². The highest BCUT2D eigenvalue weighted by Gasteiger charge is 2.34. The lowest BCUT2D eigenvalue weighted by atomic mass is 9.96. The quantitative estimate of drug-likeness (QED) is 0.170. The maximum atomic E-state index is 16.8. The lowest BCUT2D eigenvalue weighted by Gasteiger charge is -2.34. The number of fused-ring (bicyclic) bond motifs is 4. The molecular weight excluding hydrogens is 605 g/mol. The number of halogens is 2. The van der Waals surface area contributed by atoms with Crippen molar-refractivity contribution < 1.29 is 19.0 Å². The predicted molar refractivity (Wildman–Crippen MR) is 182 cm³/mol. The summed E-state index contributed by atoms with van der Waals surface area (Å²) in [6.45, 7) is 4.86. The molecule has 8 nitrogen and oxygen atoms in total. The smallest absolute Gasteiger partial charge is 0.319 e. The molecule has 3 heterocycles. The van der Waals surface area contributed by atoms with Gasteiger partial charge in [-0.25, -0.2) is 4.39 Å². The summed E-state index contributed by atoms with van der Waals surface area (Å²) in [5.41, 5.74) is 0.872. The van der Waals surface area contributed by atoms with Crippen LogP contribution in [-0.4, -0.2) is 72.7 Å².